The Balaban J connectivity index is 2.43. The van der Waals surface area contributed by atoms with Crippen molar-refractivity contribution in [2.45, 2.75) is 11.8 Å². The molecule has 1 unspecified atom stereocenters. The minimum atomic E-state index is 0.158. The van der Waals surface area contributed by atoms with Gasteiger partial charge in [-0.15, -0.1) is 11.3 Å². The van der Waals surface area contributed by atoms with Crippen LogP contribution in [0.15, 0.2) is 33.2 Å². The van der Waals surface area contributed by atoms with Crippen LogP contribution < -0.4 is 0 Å². The number of benzene rings is 1. The molecule has 0 saturated heterocycles. The van der Waals surface area contributed by atoms with E-state index in [0.29, 0.717) is 0 Å². The van der Waals surface area contributed by atoms with E-state index < -0.39 is 0 Å². The second kappa shape index (κ2) is 5.74. The summed E-state index contributed by atoms with van der Waals surface area (Å²) in [6.45, 7) is 2.10. The molecule has 0 aliphatic carbocycles. The van der Waals surface area contributed by atoms with Crippen LogP contribution in [0.3, 0.4) is 0 Å². The van der Waals surface area contributed by atoms with Gasteiger partial charge in [-0.2, -0.15) is 0 Å². The van der Waals surface area contributed by atoms with E-state index >= 15 is 0 Å². The third-order valence-corrected chi connectivity index (χ3v) is 6.24. The summed E-state index contributed by atoms with van der Waals surface area (Å²) in [6, 6.07) is 8.08. The van der Waals surface area contributed by atoms with Crippen LogP contribution in [-0.2, 0) is 0 Å². The average Bonchev–Trinajstić information content (AvgIpc) is 2.55. The van der Waals surface area contributed by atoms with Gasteiger partial charge >= 0.3 is 0 Å². The number of hydrogen-bond donors (Lipinski definition) is 0. The monoisotopic (exact) mass is 456 g/mol. The molecule has 90 valence electrons. The van der Waals surface area contributed by atoms with Crippen molar-refractivity contribution in [2.24, 2.45) is 0 Å². The molecule has 1 atom stereocenters. The molecule has 0 fully saturated rings. The van der Waals surface area contributed by atoms with E-state index in [4.69, 9.17) is 11.6 Å². The first kappa shape index (κ1) is 14.1. The van der Waals surface area contributed by atoms with E-state index in [1.54, 1.807) is 11.3 Å². The molecule has 5 heteroatoms. The molecule has 0 N–H and O–H groups in total. The number of hydrogen-bond acceptors (Lipinski definition) is 1. The fraction of sp³-hybridized carbons (Fsp3) is 0.167. The van der Waals surface area contributed by atoms with Crippen LogP contribution in [0.2, 0.25) is 5.02 Å². The highest BCUT2D eigenvalue weighted by atomic mass is 79.9. The molecule has 0 saturated carbocycles. The molecule has 0 bridgehead atoms. The lowest BCUT2D eigenvalue weighted by Crippen LogP contribution is -1.90. The molecule has 0 amide bonds. The third-order valence-electron chi connectivity index (χ3n) is 2.24. The second-order valence-electron chi connectivity index (χ2n) is 3.63. The van der Waals surface area contributed by atoms with Crippen molar-refractivity contribution in [3.05, 3.63) is 53.6 Å². The molecule has 0 radical (unpaired) electrons. The van der Waals surface area contributed by atoms with Gasteiger partial charge in [0.2, 0.25) is 0 Å². The van der Waals surface area contributed by atoms with E-state index in [9.17, 15) is 0 Å². The van der Waals surface area contributed by atoms with Crippen molar-refractivity contribution in [1.82, 2.24) is 0 Å². The van der Waals surface area contributed by atoms with Gasteiger partial charge in [0, 0.05) is 23.7 Å². The first-order valence-corrected chi connectivity index (χ1v) is 8.53. The van der Waals surface area contributed by atoms with Crippen molar-refractivity contribution in [3.8, 4) is 0 Å². The van der Waals surface area contributed by atoms with E-state index in [1.807, 2.05) is 12.1 Å². The first-order valence-electron chi connectivity index (χ1n) is 4.83. The van der Waals surface area contributed by atoms with Crippen molar-refractivity contribution >= 4 is 70.7 Å². The Bertz CT molecular complexity index is 530. The maximum absolute atomic E-state index is 6.07. The highest BCUT2D eigenvalue weighted by molar-refractivity contribution is 9.11. The van der Waals surface area contributed by atoms with Crippen molar-refractivity contribution < 1.29 is 0 Å². The zero-order chi connectivity index (χ0) is 12.6. The molecule has 0 nitrogen and oxygen atoms in total. The van der Waals surface area contributed by atoms with Gasteiger partial charge in [-0.3, -0.25) is 0 Å². The van der Waals surface area contributed by atoms with Gasteiger partial charge in [-0.1, -0.05) is 43.5 Å². The Kier molecular flexibility index (Phi) is 4.75. The lowest BCUT2D eigenvalue weighted by Gasteiger charge is -2.10. The molecule has 0 spiro atoms. The molecular formula is C12H8Br3ClS. The van der Waals surface area contributed by atoms with Crippen LogP contribution in [-0.4, -0.2) is 0 Å². The molecular weight excluding hydrogens is 451 g/mol. The molecule has 1 heterocycles. The number of aryl methyl sites for hydroxylation is 1. The van der Waals surface area contributed by atoms with E-state index in [2.05, 4.69) is 66.8 Å². The topological polar surface area (TPSA) is 0 Å². The van der Waals surface area contributed by atoms with Gasteiger partial charge in [0.25, 0.3) is 0 Å². The summed E-state index contributed by atoms with van der Waals surface area (Å²) in [5, 5.41) is 0.739. The van der Waals surface area contributed by atoms with Crippen LogP contribution in [0.25, 0.3) is 0 Å². The fourth-order valence-electron chi connectivity index (χ4n) is 1.55. The Morgan fingerprint density at radius 3 is 2.41 bits per heavy atom. The summed E-state index contributed by atoms with van der Waals surface area (Å²) in [5.74, 6) is 0. The lowest BCUT2D eigenvalue weighted by molar-refractivity contribution is 1.21. The van der Waals surface area contributed by atoms with Gasteiger partial charge in [-0.05, 0) is 52.7 Å². The first-order chi connectivity index (χ1) is 7.97. The zero-order valence-electron chi connectivity index (χ0n) is 8.81. The molecule has 0 aliphatic rings. The summed E-state index contributed by atoms with van der Waals surface area (Å²) in [6.07, 6.45) is 0. The van der Waals surface area contributed by atoms with Crippen LogP contribution >= 0.6 is 70.7 Å². The highest BCUT2D eigenvalue weighted by Gasteiger charge is 2.17. The SMILES string of the molecule is Cc1cc(Br)c(C(Br)c2cc(Cl)cc(Br)c2)s1. The van der Waals surface area contributed by atoms with Gasteiger partial charge in [0.05, 0.1) is 4.83 Å². The van der Waals surface area contributed by atoms with Crippen molar-refractivity contribution in [3.63, 3.8) is 0 Å². The van der Waals surface area contributed by atoms with Crippen molar-refractivity contribution in [1.29, 1.82) is 0 Å². The second-order valence-corrected chi connectivity index (χ2v) is 8.04. The van der Waals surface area contributed by atoms with Gasteiger partial charge < -0.3 is 0 Å². The van der Waals surface area contributed by atoms with Crippen molar-refractivity contribution in [2.75, 3.05) is 0 Å². The number of thiophene rings is 1. The lowest BCUT2D eigenvalue weighted by atomic mass is 10.1. The fourth-order valence-corrected chi connectivity index (χ4v) is 5.42. The smallest absolute Gasteiger partial charge is 0.0750 e. The molecule has 0 aliphatic heterocycles. The van der Waals surface area contributed by atoms with Gasteiger partial charge in [0.15, 0.2) is 0 Å². The summed E-state index contributed by atoms with van der Waals surface area (Å²) < 4.78 is 2.13. The molecule has 2 aromatic rings. The molecule has 1 aromatic heterocycles. The quantitative estimate of drug-likeness (QED) is 0.438. The average molecular weight is 459 g/mol. The van der Waals surface area contributed by atoms with Crippen LogP contribution in [0, 0.1) is 6.92 Å². The minimum absolute atomic E-state index is 0.158. The number of rotatable bonds is 2. The Morgan fingerprint density at radius 2 is 1.88 bits per heavy atom. The van der Waals surface area contributed by atoms with Crippen LogP contribution in [0.4, 0.5) is 0 Å². The molecule has 1 aromatic carbocycles. The Labute approximate surface area is 135 Å². The summed E-state index contributed by atoms with van der Waals surface area (Å²) in [4.78, 5) is 2.71. The van der Waals surface area contributed by atoms with E-state index in [1.165, 1.54) is 9.75 Å². The third kappa shape index (κ3) is 3.35. The van der Waals surface area contributed by atoms with E-state index in [0.717, 1.165) is 19.5 Å². The van der Waals surface area contributed by atoms with Gasteiger partial charge in [-0.25, -0.2) is 0 Å². The highest BCUT2D eigenvalue weighted by Crippen LogP contribution is 2.41. The maximum Gasteiger partial charge on any atom is 0.0750 e. The van der Waals surface area contributed by atoms with Crippen LogP contribution in [0.1, 0.15) is 20.1 Å². The zero-order valence-corrected chi connectivity index (χ0v) is 15.1. The van der Waals surface area contributed by atoms with Crippen LogP contribution in [0.5, 0.6) is 0 Å². The number of halogens is 4. The largest absolute Gasteiger partial charge is 0.143 e. The Hall–Kier alpha value is 0.650. The summed E-state index contributed by atoms with van der Waals surface area (Å²) in [5.41, 5.74) is 1.15. The maximum atomic E-state index is 6.07. The molecule has 17 heavy (non-hydrogen) atoms. The summed E-state index contributed by atoms with van der Waals surface area (Å²) in [7, 11) is 0. The minimum Gasteiger partial charge on any atom is -0.143 e. The number of alkyl halides is 1. The predicted octanol–water partition coefficient (Wildman–Crippen LogP) is 6.72. The Morgan fingerprint density at radius 1 is 1.18 bits per heavy atom. The standard InChI is InChI=1S/C12H8Br3ClS/c1-6-2-10(14)12(17-6)11(15)7-3-8(13)5-9(16)4-7/h2-5,11H,1H3. The van der Waals surface area contributed by atoms with Gasteiger partial charge in [0.1, 0.15) is 0 Å². The normalized spacial score (nSPS) is 12.8. The predicted molar refractivity (Wildman–Crippen MR) is 86.7 cm³/mol. The summed E-state index contributed by atoms with van der Waals surface area (Å²) >= 11 is 18.6. The molecule has 2 rings (SSSR count). The van der Waals surface area contributed by atoms with E-state index in [-0.39, 0.29) is 4.83 Å².